The first kappa shape index (κ1) is 16.2. The van der Waals surface area contributed by atoms with E-state index in [2.05, 4.69) is 5.32 Å². The van der Waals surface area contributed by atoms with Gasteiger partial charge in [-0.25, -0.2) is 0 Å². The van der Waals surface area contributed by atoms with Crippen molar-refractivity contribution in [3.05, 3.63) is 71.8 Å². The van der Waals surface area contributed by atoms with Crippen molar-refractivity contribution in [1.29, 1.82) is 0 Å². The average Bonchev–Trinajstić information content (AvgIpc) is 2.56. The van der Waals surface area contributed by atoms with E-state index in [1.54, 1.807) is 0 Å². The van der Waals surface area contributed by atoms with Gasteiger partial charge >= 0.3 is 5.97 Å². The summed E-state index contributed by atoms with van der Waals surface area (Å²) < 4.78 is 0. The largest absolute Gasteiger partial charge is 0.480 e. The van der Waals surface area contributed by atoms with Gasteiger partial charge in [0, 0.05) is 0 Å². The van der Waals surface area contributed by atoms with Gasteiger partial charge in [-0.2, -0.15) is 0 Å². The third kappa shape index (κ3) is 4.69. The number of benzene rings is 2. The molecule has 2 aromatic rings. The lowest BCUT2D eigenvalue weighted by Crippen LogP contribution is -2.40. The lowest BCUT2D eigenvalue weighted by atomic mass is 10.0. The number of aliphatic hydroxyl groups is 1. The molecule has 116 valence electrons. The number of rotatable bonds is 8. The second-order valence-electron chi connectivity index (χ2n) is 5.23. The van der Waals surface area contributed by atoms with E-state index in [-0.39, 0.29) is 12.6 Å². The van der Waals surface area contributed by atoms with Crippen LogP contribution in [0.1, 0.15) is 23.6 Å². The first-order valence-corrected chi connectivity index (χ1v) is 7.39. The Kier molecular flexibility index (Phi) is 6.13. The number of aliphatic carboxylic acids is 1. The summed E-state index contributed by atoms with van der Waals surface area (Å²) in [4.78, 5) is 11.5. The van der Waals surface area contributed by atoms with Crippen molar-refractivity contribution < 1.29 is 15.0 Å². The molecule has 0 spiro atoms. The van der Waals surface area contributed by atoms with E-state index in [0.717, 1.165) is 11.1 Å². The summed E-state index contributed by atoms with van der Waals surface area (Å²) in [6.07, 6.45) is 1.15. The Labute approximate surface area is 130 Å². The molecule has 0 aliphatic rings. The SMILES string of the molecule is O=C(O)[C@H](CCc1ccccc1)N[C@@H](CO)c1ccccc1. The Morgan fingerprint density at radius 1 is 1.00 bits per heavy atom. The summed E-state index contributed by atoms with van der Waals surface area (Å²) in [5.74, 6) is -0.898. The van der Waals surface area contributed by atoms with Crippen LogP contribution in [0.2, 0.25) is 0 Å². The first-order chi connectivity index (χ1) is 10.7. The van der Waals surface area contributed by atoms with Gasteiger partial charge in [-0.05, 0) is 24.0 Å². The molecular weight excluding hydrogens is 278 g/mol. The molecule has 2 rings (SSSR count). The zero-order chi connectivity index (χ0) is 15.8. The van der Waals surface area contributed by atoms with Crippen LogP contribution in [-0.2, 0) is 11.2 Å². The van der Waals surface area contributed by atoms with Crippen LogP contribution in [0.25, 0.3) is 0 Å². The van der Waals surface area contributed by atoms with E-state index < -0.39 is 12.0 Å². The number of aryl methyl sites for hydroxylation is 1. The van der Waals surface area contributed by atoms with Crippen molar-refractivity contribution in [3.63, 3.8) is 0 Å². The topological polar surface area (TPSA) is 69.6 Å². The summed E-state index contributed by atoms with van der Waals surface area (Å²) in [5.41, 5.74) is 1.99. The van der Waals surface area contributed by atoms with Crippen LogP contribution in [0.4, 0.5) is 0 Å². The summed E-state index contributed by atoms with van der Waals surface area (Å²) in [6.45, 7) is -0.140. The summed E-state index contributed by atoms with van der Waals surface area (Å²) in [7, 11) is 0. The van der Waals surface area contributed by atoms with E-state index in [1.807, 2.05) is 60.7 Å². The predicted octanol–water partition coefficient (Wildman–Crippen LogP) is 2.40. The van der Waals surface area contributed by atoms with E-state index in [9.17, 15) is 15.0 Å². The number of hydrogen-bond acceptors (Lipinski definition) is 3. The molecule has 0 heterocycles. The van der Waals surface area contributed by atoms with Gasteiger partial charge in [0.2, 0.25) is 0 Å². The van der Waals surface area contributed by atoms with E-state index in [1.165, 1.54) is 0 Å². The summed E-state index contributed by atoms with van der Waals surface area (Å²) in [5, 5.41) is 22.0. The van der Waals surface area contributed by atoms with Crippen LogP contribution < -0.4 is 5.32 Å². The van der Waals surface area contributed by atoms with Gasteiger partial charge in [0.25, 0.3) is 0 Å². The minimum absolute atomic E-state index is 0.140. The maximum Gasteiger partial charge on any atom is 0.320 e. The summed E-state index contributed by atoms with van der Waals surface area (Å²) in [6, 6.07) is 18.1. The molecule has 0 fully saturated rings. The number of carboxylic acids is 1. The molecule has 3 N–H and O–H groups in total. The van der Waals surface area contributed by atoms with Gasteiger partial charge in [-0.3, -0.25) is 10.1 Å². The van der Waals surface area contributed by atoms with Crippen molar-refractivity contribution in [3.8, 4) is 0 Å². The Bertz CT molecular complexity index is 571. The molecule has 0 bridgehead atoms. The van der Waals surface area contributed by atoms with Crippen LogP contribution in [0, 0.1) is 0 Å². The monoisotopic (exact) mass is 299 g/mol. The molecule has 0 amide bonds. The number of carboxylic acid groups (broad SMARTS) is 1. The zero-order valence-corrected chi connectivity index (χ0v) is 12.4. The second kappa shape index (κ2) is 8.32. The zero-order valence-electron chi connectivity index (χ0n) is 12.4. The van der Waals surface area contributed by atoms with Gasteiger partial charge in [0.05, 0.1) is 12.6 Å². The molecule has 0 saturated carbocycles. The van der Waals surface area contributed by atoms with Gasteiger partial charge < -0.3 is 10.2 Å². The fourth-order valence-corrected chi connectivity index (χ4v) is 2.42. The smallest absolute Gasteiger partial charge is 0.320 e. The van der Waals surface area contributed by atoms with Crippen molar-refractivity contribution in [2.45, 2.75) is 24.9 Å². The van der Waals surface area contributed by atoms with Crippen molar-refractivity contribution >= 4 is 5.97 Å². The lowest BCUT2D eigenvalue weighted by molar-refractivity contribution is -0.140. The van der Waals surface area contributed by atoms with Crippen LogP contribution in [0.15, 0.2) is 60.7 Å². The van der Waals surface area contributed by atoms with E-state index in [0.29, 0.717) is 12.8 Å². The van der Waals surface area contributed by atoms with Crippen LogP contribution in [-0.4, -0.2) is 28.8 Å². The average molecular weight is 299 g/mol. The quantitative estimate of drug-likeness (QED) is 0.700. The standard InChI is InChI=1S/C18H21NO3/c20-13-17(15-9-5-2-6-10-15)19-16(18(21)22)12-11-14-7-3-1-4-8-14/h1-10,16-17,19-20H,11-13H2,(H,21,22)/t16-,17-/m0/s1. The second-order valence-corrected chi connectivity index (χ2v) is 5.23. The molecule has 4 heteroatoms. The maximum atomic E-state index is 11.5. The minimum Gasteiger partial charge on any atom is -0.480 e. The normalized spacial score (nSPS) is 13.5. The third-order valence-electron chi connectivity index (χ3n) is 3.65. The number of hydrogen-bond donors (Lipinski definition) is 3. The van der Waals surface area contributed by atoms with Gasteiger partial charge in [-0.15, -0.1) is 0 Å². The van der Waals surface area contributed by atoms with Crippen molar-refractivity contribution in [1.82, 2.24) is 5.32 Å². The van der Waals surface area contributed by atoms with Crippen LogP contribution in [0.5, 0.6) is 0 Å². The predicted molar refractivity (Wildman–Crippen MR) is 85.6 cm³/mol. The highest BCUT2D eigenvalue weighted by Crippen LogP contribution is 2.14. The Morgan fingerprint density at radius 3 is 2.14 bits per heavy atom. The van der Waals surface area contributed by atoms with E-state index in [4.69, 9.17) is 0 Å². The highest BCUT2D eigenvalue weighted by molar-refractivity contribution is 5.73. The molecule has 2 atom stereocenters. The molecule has 22 heavy (non-hydrogen) atoms. The minimum atomic E-state index is -0.898. The van der Waals surface area contributed by atoms with Crippen LogP contribution >= 0.6 is 0 Å². The number of carbonyl (C=O) groups is 1. The van der Waals surface area contributed by atoms with Gasteiger partial charge in [-0.1, -0.05) is 60.7 Å². The van der Waals surface area contributed by atoms with Crippen molar-refractivity contribution in [2.24, 2.45) is 0 Å². The summed E-state index contributed by atoms with van der Waals surface area (Å²) >= 11 is 0. The Morgan fingerprint density at radius 2 is 1.59 bits per heavy atom. The fourth-order valence-electron chi connectivity index (χ4n) is 2.42. The number of nitrogens with one attached hydrogen (secondary N) is 1. The van der Waals surface area contributed by atoms with Crippen LogP contribution in [0.3, 0.4) is 0 Å². The fraction of sp³-hybridized carbons (Fsp3) is 0.278. The molecule has 0 saturated heterocycles. The molecule has 0 aliphatic carbocycles. The Balaban J connectivity index is 2.00. The maximum absolute atomic E-state index is 11.5. The van der Waals surface area contributed by atoms with Gasteiger partial charge in [0.15, 0.2) is 0 Å². The van der Waals surface area contributed by atoms with E-state index >= 15 is 0 Å². The molecule has 4 nitrogen and oxygen atoms in total. The molecule has 0 unspecified atom stereocenters. The molecule has 2 aromatic carbocycles. The molecular formula is C18H21NO3. The molecule has 0 aromatic heterocycles. The highest BCUT2D eigenvalue weighted by atomic mass is 16.4. The third-order valence-corrected chi connectivity index (χ3v) is 3.65. The molecule has 0 aliphatic heterocycles. The molecule has 0 radical (unpaired) electrons. The first-order valence-electron chi connectivity index (χ1n) is 7.39. The van der Waals surface area contributed by atoms with Crippen molar-refractivity contribution in [2.75, 3.05) is 6.61 Å². The Hall–Kier alpha value is -2.17. The van der Waals surface area contributed by atoms with Gasteiger partial charge in [0.1, 0.15) is 6.04 Å². The highest BCUT2D eigenvalue weighted by Gasteiger charge is 2.21. The lowest BCUT2D eigenvalue weighted by Gasteiger charge is -2.22. The number of aliphatic hydroxyl groups excluding tert-OH is 1.